The summed E-state index contributed by atoms with van der Waals surface area (Å²) in [5.41, 5.74) is 5.63. The summed E-state index contributed by atoms with van der Waals surface area (Å²) in [4.78, 5) is 0. The van der Waals surface area contributed by atoms with Crippen LogP contribution in [0.5, 0.6) is 0 Å². The lowest BCUT2D eigenvalue weighted by Gasteiger charge is -2.09. The van der Waals surface area contributed by atoms with Crippen molar-refractivity contribution in [3.63, 3.8) is 0 Å². The van der Waals surface area contributed by atoms with Crippen LogP contribution in [-0.2, 0) is 0 Å². The topological polar surface area (TPSA) is 0 Å². The normalized spacial score (nSPS) is 15.0. The SMILES string of the molecule is C1=C(c2ccccc2)CCCC(c2cccc3ccccc23)=C1. The second-order valence-electron chi connectivity index (χ2n) is 6.13. The number of benzene rings is 3. The van der Waals surface area contributed by atoms with Crippen molar-refractivity contribution in [2.75, 3.05) is 0 Å². The van der Waals surface area contributed by atoms with E-state index in [9.17, 15) is 0 Å². The van der Waals surface area contributed by atoms with Crippen LogP contribution in [0.25, 0.3) is 21.9 Å². The molecule has 0 aliphatic heterocycles. The molecule has 23 heavy (non-hydrogen) atoms. The van der Waals surface area contributed by atoms with E-state index in [1.807, 2.05) is 0 Å². The maximum atomic E-state index is 2.33. The van der Waals surface area contributed by atoms with Gasteiger partial charge in [-0.15, -0.1) is 0 Å². The fourth-order valence-corrected chi connectivity index (χ4v) is 3.46. The van der Waals surface area contributed by atoms with E-state index < -0.39 is 0 Å². The van der Waals surface area contributed by atoms with Crippen molar-refractivity contribution in [2.45, 2.75) is 19.3 Å². The fraction of sp³-hybridized carbons (Fsp3) is 0.130. The predicted octanol–water partition coefficient (Wildman–Crippen LogP) is 6.49. The van der Waals surface area contributed by atoms with Crippen molar-refractivity contribution < 1.29 is 0 Å². The fourth-order valence-electron chi connectivity index (χ4n) is 3.46. The summed E-state index contributed by atoms with van der Waals surface area (Å²) in [6.07, 6.45) is 8.14. The molecule has 0 aromatic heterocycles. The van der Waals surface area contributed by atoms with Gasteiger partial charge in [0.05, 0.1) is 0 Å². The van der Waals surface area contributed by atoms with Crippen molar-refractivity contribution in [1.82, 2.24) is 0 Å². The van der Waals surface area contributed by atoms with E-state index in [2.05, 4.69) is 84.9 Å². The maximum absolute atomic E-state index is 2.33. The van der Waals surface area contributed by atoms with Gasteiger partial charge in [-0.25, -0.2) is 0 Å². The van der Waals surface area contributed by atoms with Gasteiger partial charge >= 0.3 is 0 Å². The Morgan fingerprint density at radius 3 is 2.17 bits per heavy atom. The maximum Gasteiger partial charge on any atom is -0.0109 e. The van der Waals surface area contributed by atoms with Gasteiger partial charge in [-0.1, -0.05) is 84.9 Å². The molecule has 0 radical (unpaired) electrons. The van der Waals surface area contributed by atoms with Crippen molar-refractivity contribution in [1.29, 1.82) is 0 Å². The molecule has 1 aliphatic rings. The minimum Gasteiger partial charge on any atom is -0.0622 e. The molecule has 4 rings (SSSR count). The Labute approximate surface area is 137 Å². The van der Waals surface area contributed by atoms with Crippen LogP contribution in [0.4, 0.5) is 0 Å². The third kappa shape index (κ3) is 2.85. The average molecular weight is 296 g/mol. The smallest absolute Gasteiger partial charge is 0.0109 e. The lowest BCUT2D eigenvalue weighted by Crippen LogP contribution is -1.87. The Hall–Kier alpha value is -2.60. The molecule has 0 N–H and O–H groups in total. The van der Waals surface area contributed by atoms with E-state index >= 15 is 0 Å². The lowest BCUT2D eigenvalue weighted by molar-refractivity contribution is 0.898. The molecule has 0 spiro atoms. The Bertz CT molecular complexity index is 877. The van der Waals surface area contributed by atoms with E-state index in [0.717, 1.165) is 12.8 Å². The highest BCUT2D eigenvalue weighted by Gasteiger charge is 2.10. The van der Waals surface area contributed by atoms with Gasteiger partial charge in [0.2, 0.25) is 0 Å². The molecule has 0 fully saturated rings. The third-order valence-electron chi connectivity index (χ3n) is 4.66. The summed E-state index contributed by atoms with van der Waals surface area (Å²) in [6, 6.07) is 26.0. The minimum absolute atomic E-state index is 1.14. The molecule has 0 saturated heterocycles. The first-order chi connectivity index (χ1) is 11.4. The van der Waals surface area contributed by atoms with Crippen molar-refractivity contribution in [3.8, 4) is 0 Å². The lowest BCUT2D eigenvalue weighted by atomic mass is 9.95. The van der Waals surface area contributed by atoms with Gasteiger partial charge in [-0.2, -0.15) is 0 Å². The minimum atomic E-state index is 1.14. The van der Waals surface area contributed by atoms with Crippen molar-refractivity contribution >= 4 is 21.9 Å². The summed E-state index contributed by atoms with van der Waals surface area (Å²) in [6.45, 7) is 0. The van der Waals surface area contributed by atoms with Gasteiger partial charge in [0.1, 0.15) is 0 Å². The van der Waals surface area contributed by atoms with Crippen LogP contribution < -0.4 is 0 Å². The molecule has 0 heteroatoms. The average Bonchev–Trinajstić information content (AvgIpc) is 2.88. The first-order valence-electron chi connectivity index (χ1n) is 8.35. The monoisotopic (exact) mass is 296 g/mol. The standard InChI is InChI=1S/C23H20/c1-2-8-18(9-3-1)19-11-6-12-21(17-16-19)23-15-7-13-20-10-4-5-14-22(20)23/h1-5,7-10,13-17H,6,11-12H2. The van der Waals surface area contributed by atoms with Crippen LogP contribution >= 0.6 is 0 Å². The van der Waals surface area contributed by atoms with E-state index in [1.165, 1.54) is 39.5 Å². The Balaban J connectivity index is 1.77. The van der Waals surface area contributed by atoms with Gasteiger partial charge < -0.3 is 0 Å². The highest BCUT2D eigenvalue weighted by molar-refractivity contribution is 5.94. The molecule has 0 saturated carbocycles. The Kier molecular flexibility index (Phi) is 3.81. The zero-order valence-corrected chi connectivity index (χ0v) is 13.2. The molecule has 0 amide bonds. The molecule has 0 nitrogen and oxygen atoms in total. The van der Waals surface area contributed by atoms with E-state index in [1.54, 1.807) is 0 Å². The highest BCUT2D eigenvalue weighted by Crippen LogP contribution is 2.33. The summed E-state index contributed by atoms with van der Waals surface area (Å²) in [5, 5.41) is 2.68. The molecule has 0 heterocycles. The highest BCUT2D eigenvalue weighted by atomic mass is 14.1. The van der Waals surface area contributed by atoms with Gasteiger partial charge in [0, 0.05) is 0 Å². The summed E-state index contributed by atoms with van der Waals surface area (Å²) in [7, 11) is 0. The molecular weight excluding hydrogens is 276 g/mol. The number of hydrogen-bond donors (Lipinski definition) is 0. The van der Waals surface area contributed by atoms with E-state index in [0.29, 0.717) is 0 Å². The van der Waals surface area contributed by atoms with Crippen LogP contribution in [0.2, 0.25) is 0 Å². The van der Waals surface area contributed by atoms with Gasteiger partial charge in [0.15, 0.2) is 0 Å². The third-order valence-corrected chi connectivity index (χ3v) is 4.66. The van der Waals surface area contributed by atoms with Crippen LogP contribution in [-0.4, -0.2) is 0 Å². The Morgan fingerprint density at radius 2 is 1.26 bits per heavy atom. The van der Waals surface area contributed by atoms with Crippen LogP contribution in [0.3, 0.4) is 0 Å². The molecule has 0 bridgehead atoms. The molecule has 3 aromatic rings. The summed E-state index contributed by atoms with van der Waals surface area (Å²) >= 11 is 0. The van der Waals surface area contributed by atoms with E-state index in [4.69, 9.17) is 0 Å². The van der Waals surface area contributed by atoms with Gasteiger partial charge in [0.25, 0.3) is 0 Å². The molecule has 0 unspecified atom stereocenters. The largest absolute Gasteiger partial charge is 0.0622 e. The number of rotatable bonds is 2. The second-order valence-corrected chi connectivity index (χ2v) is 6.13. The van der Waals surface area contributed by atoms with Gasteiger partial charge in [-0.3, -0.25) is 0 Å². The first kappa shape index (κ1) is 14.0. The number of allylic oxidation sites excluding steroid dienone is 4. The summed E-state index contributed by atoms with van der Waals surface area (Å²) < 4.78 is 0. The van der Waals surface area contributed by atoms with Crippen molar-refractivity contribution in [3.05, 3.63) is 96.1 Å². The van der Waals surface area contributed by atoms with Crippen molar-refractivity contribution in [2.24, 2.45) is 0 Å². The number of fused-ring (bicyclic) bond motifs is 1. The predicted molar refractivity (Wildman–Crippen MR) is 100 cm³/mol. The number of hydrogen-bond acceptors (Lipinski definition) is 0. The summed E-state index contributed by atoms with van der Waals surface area (Å²) in [5.74, 6) is 0. The Morgan fingerprint density at radius 1 is 0.565 bits per heavy atom. The zero-order chi connectivity index (χ0) is 15.5. The molecule has 3 aromatic carbocycles. The molecule has 0 atom stereocenters. The van der Waals surface area contributed by atoms with Crippen LogP contribution in [0.1, 0.15) is 30.4 Å². The quantitative estimate of drug-likeness (QED) is 0.507. The van der Waals surface area contributed by atoms with Crippen LogP contribution in [0.15, 0.2) is 84.9 Å². The van der Waals surface area contributed by atoms with Gasteiger partial charge in [-0.05, 0) is 52.3 Å². The zero-order valence-electron chi connectivity index (χ0n) is 13.2. The second kappa shape index (κ2) is 6.26. The molecule has 112 valence electrons. The van der Waals surface area contributed by atoms with E-state index in [-0.39, 0.29) is 0 Å². The van der Waals surface area contributed by atoms with Crippen LogP contribution in [0, 0.1) is 0 Å². The first-order valence-corrected chi connectivity index (χ1v) is 8.35. The molecule has 1 aliphatic carbocycles. The molecular formula is C23H20.